The van der Waals surface area contributed by atoms with E-state index in [0.717, 1.165) is 17.9 Å². The van der Waals surface area contributed by atoms with Crippen molar-refractivity contribution in [1.29, 1.82) is 0 Å². The van der Waals surface area contributed by atoms with E-state index in [4.69, 9.17) is 0 Å². The van der Waals surface area contributed by atoms with Crippen LogP contribution in [-0.4, -0.2) is 27.4 Å². The average molecular weight is 347 g/mol. The number of hydrogen-bond donors (Lipinski definition) is 1. The van der Waals surface area contributed by atoms with Gasteiger partial charge in [-0.1, -0.05) is 18.2 Å². The summed E-state index contributed by atoms with van der Waals surface area (Å²) in [6.45, 7) is 5.21. The second-order valence-corrected chi connectivity index (χ2v) is 5.85. The molecule has 2 heterocycles. The molecule has 6 heteroatoms. The van der Waals surface area contributed by atoms with E-state index in [-0.39, 0.29) is 11.6 Å². The summed E-state index contributed by atoms with van der Waals surface area (Å²) in [7, 11) is 0. The van der Waals surface area contributed by atoms with Crippen molar-refractivity contribution in [2.24, 2.45) is 0 Å². The summed E-state index contributed by atoms with van der Waals surface area (Å²) < 4.78 is 0. The van der Waals surface area contributed by atoms with Crippen molar-refractivity contribution in [3.05, 3.63) is 78.0 Å². The molecule has 0 fully saturated rings. The zero-order chi connectivity index (χ0) is 18.4. The lowest BCUT2D eigenvalue weighted by Crippen LogP contribution is -2.25. The molecule has 2 aromatic heterocycles. The normalized spacial score (nSPS) is 10.4. The van der Waals surface area contributed by atoms with Crippen LogP contribution in [-0.2, 0) is 6.54 Å². The molecule has 1 aromatic carbocycles. The van der Waals surface area contributed by atoms with Crippen molar-refractivity contribution in [2.45, 2.75) is 20.4 Å². The fourth-order valence-corrected chi connectivity index (χ4v) is 2.61. The minimum Gasteiger partial charge on any atom is -0.345 e. The van der Waals surface area contributed by atoms with Crippen LogP contribution in [0.1, 0.15) is 28.7 Å². The molecule has 0 bridgehead atoms. The average Bonchev–Trinajstić information content (AvgIpc) is 2.68. The number of carbonyl (C=O) groups is 1. The van der Waals surface area contributed by atoms with Gasteiger partial charge in [-0.25, -0.2) is 9.97 Å². The number of nitrogens with one attached hydrogen (secondary N) is 1. The number of benzene rings is 1. The highest BCUT2D eigenvalue weighted by Gasteiger charge is 2.12. The molecule has 0 radical (unpaired) electrons. The maximum atomic E-state index is 12.2. The molecule has 3 aromatic rings. The van der Waals surface area contributed by atoms with Crippen LogP contribution in [0.2, 0.25) is 0 Å². The molecule has 0 aliphatic heterocycles. The Morgan fingerprint density at radius 3 is 2.62 bits per heavy atom. The molecule has 0 spiro atoms. The van der Waals surface area contributed by atoms with Crippen molar-refractivity contribution < 1.29 is 4.79 Å². The van der Waals surface area contributed by atoms with Gasteiger partial charge in [-0.3, -0.25) is 9.78 Å². The summed E-state index contributed by atoms with van der Waals surface area (Å²) in [6.07, 6.45) is 4.82. The number of hydrogen-bond acceptors (Lipinski definition) is 5. The van der Waals surface area contributed by atoms with Gasteiger partial charge in [0.2, 0.25) is 0 Å². The molecule has 0 saturated heterocycles. The van der Waals surface area contributed by atoms with Gasteiger partial charge in [-0.15, -0.1) is 0 Å². The third-order valence-electron chi connectivity index (χ3n) is 3.93. The smallest absolute Gasteiger partial charge is 0.271 e. The summed E-state index contributed by atoms with van der Waals surface area (Å²) in [6, 6.07) is 13.8. The molecule has 0 aliphatic rings. The second kappa shape index (κ2) is 8.20. The SMILES string of the molecule is CCN(c1cccc(C)c1)c1cnc(C(=O)NCc2ccccn2)cn1. The minimum absolute atomic E-state index is 0.270. The molecular formula is C20H21N5O. The Kier molecular flexibility index (Phi) is 5.53. The van der Waals surface area contributed by atoms with Crippen LogP contribution in [0, 0.1) is 6.92 Å². The molecule has 0 saturated carbocycles. The fraction of sp³-hybridized carbons (Fsp3) is 0.200. The molecule has 0 unspecified atom stereocenters. The van der Waals surface area contributed by atoms with Crippen molar-refractivity contribution in [3.8, 4) is 0 Å². The van der Waals surface area contributed by atoms with Gasteiger partial charge in [0.05, 0.1) is 24.6 Å². The van der Waals surface area contributed by atoms with Crippen LogP contribution in [0.5, 0.6) is 0 Å². The van der Waals surface area contributed by atoms with Gasteiger partial charge in [0.1, 0.15) is 5.69 Å². The zero-order valence-electron chi connectivity index (χ0n) is 14.9. The molecule has 132 valence electrons. The lowest BCUT2D eigenvalue weighted by atomic mass is 10.2. The van der Waals surface area contributed by atoms with Gasteiger partial charge >= 0.3 is 0 Å². The standard InChI is InChI=1S/C20H21N5O/c1-3-25(17-9-6-7-15(2)11-17)19-14-22-18(13-23-19)20(26)24-12-16-8-4-5-10-21-16/h4-11,13-14H,3,12H2,1-2H3,(H,24,26). The van der Waals surface area contributed by atoms with E-state index in [1.807, 2.05) is 30.3 Å². The molecule has 0 atom stereocenters. The second-order valence-electron chi connectivity index (χ2n) is 5.85. The number of aryl methyl sites for hydroxylation is 1. The third-order valence-corrected chi connectivity index (χ3v) is 3.93. The first-order chi connectivity index (χ1) is 12.7. The summed E-state index contributed by atoms with van der Waals surface area (Å²) >= 11 is 0. The molecule has 3 rings (SSSR count). The van der Waals surface area contributed by atoms with Crippen LogP contribution < -0.4 is 10.2 Å². The Labute approximate surface area is 153 Å². The highest BCUT2D eigenvalue weighted by atomic mass is 16.1. The van der Waals surface area contributed by atoms with Crippen LogP contribution in [0.4, 0.5) is 11.5 Å². The number of anilines is 2. The number of carbonyl (C=O) groups excluding carboxylic acids is 1. The Hall–Kier alpha value is -3.28. The Morgan fingerprint density at radius 2 is 1.96 bits per heavy atom. The zero-order valence-corrected chi connectivity index (χ0v) is 14.9. The summed E-state index contributed by atoms with van der Waals surface area (Å²) in [5, 5.41) is 2.80. The number of nitrogens with zero attached hydrogens (tertiary/aromatic N) is 4. The predicted octanol–water partition coefficient (Wildman–Crippen LogP) is 3.27. The first kappa shape index (κ1) is 17.5. The van der Waals surface area contributed by atoms with E-state index in [1.54, 1.807) is 12.4 Å². The molecule has 1 amide bonds. The molecule has 26 heavy (non-hydrogen) atoms. The van der Waals surface area contributed by atoms with Crippen LogP contribution in [0.15, 0.2) is 61.1 Å². The highest BCUT2D eigenvalue weighted by Crippen LogP contribution is 2.23. The molecular weight excluding hydrogens is 326 g/mol. The van der Waals surface area contributed by atoms with E-state index in [0.29, 0.717) is 12.4 Å². The Balaban J connectivity index is 1.70. The lowest BCUT2D eigenvalue weighted by molar-refractivity contribution is 0.0945. The van der Waals surface area contributed by atoms with E-state index < -0.39 is 0 Å². The maximum absolute atomic E-state index is 12.2. The molecule has 0 aliphatic carbocycles. The first-order valence-electron chi connectivity index (χ1n) is 8.51. The summed E-state index contributed by atoms with van der Waals surface area (Å²) in [4.78, 5) is 27.1. The van der Waals surface area contributed by atoms with E-state index in [1.165, 1.54) is 11.8 Å². The number of aromatic nitrogens is 3. The minimum atomic E-state index is -0.270. The van der Waals surface area contributed by atoms with Crippen molar-refractivity contribution >= 4 is 17.4 Å². The van der Waals surface area contributed by atoms with Crippen LogP contribution in [0.3, 0.4) is 0 Å². The summed E-state index contributed by atoms with van der Waals surface area (Å²) in [5.74, 6) is 0.438. The topological polar surface area (TPSA) is 71.0 Å². The van der Waals surface area contributed by atoms with E-state index >= 15 is 0 Å². The Bertz CT molecular complexity index is 865. The van der Waals surface area contributed by atoms with Gasteiger partial charge in [0, 0.05) is 18.4 Å². The van der Waals surface area contributed by atoms with Gasteiger partial charge in [0.25, 0.3) is 5.91 Å². The van der Waals surface area contributed by atoms with E-state index in [2.05, 4.69) is 51.1 Å². The molecule has 1 N–H and O–H groups in total. The predicted molar refractivity (Wildman–Crippen MR) is 101 cm³/mol. The van der Waals surface area contributed by atoms with E-state index in [9.17, 15) is 4.79 Å². The summed E-state index contributed by atoms with van der Waals surface area (Å²) in [5.41, 5.74) is 3.31. The van der Waals surface area contributed by atoms with Gasteiger partial charge < -0.3 is 10.2 Å². The highest BCUT2D eigenvalue weighted by molar-refractivity contribution is 5.92. The third kappa shape index (κ3) is 4.22. The monoisotopic (exact) mass is 347 g/mol. The number of amides is 1. The van der Waals surface area contributed by atoms with Crippen molar-refractivity contribution in [2.75, 3.05) is 11.4 Å². The lowest BCUT2D eigenvalue weighted by Gasteiger charge is -2.22. The largest absolute Gasteiger partial charge is 0.345 e. The van der Waals surface area contributed by atoms with Gasteiger partial charge in [-0.2, -0.15) is 0 Å². The fourth-order valence-electron chi connectivity index (χ4n) is 2.61. The van der Waals surface area contributed by atoms with Gasteiger partial charge in [0.15, 0.2) is 5.82 Å². The van der Waals surface area contributed by atoms with Crippen LogP contribution in [0.25, 0.3) is 0 Å². The Morgan fingerprint density at radius 1 is 1.08 bits per heavy atom. The number of pyridine rings is 1. The van der Waals surface area contributed by atoms with Crippen LogP contribution >= 0.6 is 0 Å². The molecule has 6 nitrogen and oxygen atoms in total. The van der Waals surface area contributed by atoms with Crippen molar-refractivity contribution in [1.82, 2.24) is 20.3 Å². The van der Waals surface area contributed by atoms with Crippen molar-refractivity contribution in [3.63, 3.8) is 0 Å². The first-order valence-corrected chi connectivity index (χ1v) is 8.51. The maximum Gasteiger partial charge on any atom is 0.271 e. The quantitative estimate of drug-likeness (QED) is 0.741. The number of rotatable bonds is 6. The van der Waals surface area contributed by atoms with Gasteiger partial charge in [-0.05, 0) is 43.7 Å².